The van der Waals surface area contributed by atoms with Gasteiger partial charge in [-0.2, -0.15) is 4.31 Å². The molecule has 20 heavy (non-hydrogen) atoms. The Morgan fingerprint density at radius 2 is 1.95 bits per heavy atom. The first kappa shape index (κ1) is 17.4. The molecule has 0 aliphatic carbocycles. The van der Waals surface area contributed by atoms with E-state index in [0.717, 1.165) is 25.9 Å². The summed E-state index contributed by atoms with van der Waals surface area (Å²) in [6, 6.07) is -0.0902. The van der Waals surface area contributed by atoms with Crippen LogP contribution in [0.2, 0.25) is 0 Å². The smallest absolute Gasteiger partial charge is 0.306 e. The summed E-state index contributed by atoms with van der Waals surface area (Å²) in [4.78, 5) is 11.1. The third kappa shape index (κ3) is 5.38. The summed E-state index contributed by atoms with van der Waals surface area (Å²) >= 11 is 0. The highest BCUT2D eigenvalue weighted by Crippen LogP contribution is 2.18. The SMILES string of the molecule is COC(=O)CCS(=O)(=O)N(CC1CCNCC1)C(C)C. The van der Waals surface area contributed by atoms with Gasteiger partial charge in [-0.25, -0.2) is 8.42 Å². The molecule has 0 aromatic rings. The summed E-state index contributed by atoms with van der Waals surface area (Å²) in [5, 5.41) is 3.27. The van der Waals surface area contributed by atoms with Crippen molar-refractivity contribution in [1.29, 1.82) is 0 Å². The topological polar surface area (TPSA) is 75.7 Å². The van der Waals surface area contributed by atoms with E-state index < -0.39 is 16.0 Å². The van der Waals surface area contributed by atoms with Crippen LogP contribution >= 0.6 is 0 Å². The molecule has 0 spiro atoms. The number of carbonyl (C=O) groups excluding carboxylic acids is 1. The minimum atomic E-state index is -3.41. The number of ether oxygens (including phenoxy) is 1. The molecule has 0 saturated carbocycles. The molecule has 0 aromatic heterocycles. The van der Waals surface area contributed by atoms with E-state index in [-0.39, 0.29) is 18.2 Å². The van der Waals surface area contributed by atoms with Gasteiger partial charge in [-0.3, -0.25) is 4.79 Å². The molecule has 1 rings (SSSR count). The van der Waals surface area contributed by atoms with Crippen LogP contribution in [0.5, 0.6) is 0 Å². The van der Waals surface area contributed by atoms with Crippen molar-refractivity contribution in [3.63, 3.8) is 0 Å². The number of hydrogen-bond donors (Lipinski definition) is 1. The summed E-state index contributed by atoms with van der Waals surface area (Å²) in [6.45, 7) is 6.17. The lowest BCUT2D eigenvalue weighted by Crippen LogP contribution is -2.44. The number of esters is 1. The predicted molar refractivity (Wildman–Crippen MR) is 77.9 cm³/mol. The Bertz CT molecular complexity index is 403. The van der Waals surface area contributed by atoms with E-state index in [1.165, 1.54) is 11.4 Å². The van der Waals surface area contributed by atoms with Crippen LogP contribution in [-0.2, 0) is 19.6 Å². The number of carbonyl (C=O) groups is 1. The molecule has 6 nitrogen and oxygen atoms in total. The van der Waals surface area contributed by atoms with Crippen molar-refractivity contribution in [1.82, 2.24) is 9.62 Å². The lowest BCUT2D eigenvalue weighted by molar-refractivity contribution is -0.140. The lowest BCUT2D eigenvalue weighted by Gasteiger charge is -2.31. The average Bonchev–Trinajstić information content (AvgIpc) is 2.43. The minimum Gasteiger partial charge on any atom is -0.469 e. The molecule has 1 aliphatic rings. The van der Waals surface area contributed by atoms with Gasteiger partial charge in [-0.05, 0) is 45.7 Å². The highest BCUT2D eigenvalue weighted by molar-refractivity contribution is 7.89. The van der Waals surface area contributed by atoms with Gasteiger partial charge < -0.3 is 10.1 Å². The minimum absolute atomic E-state index is 0.0890. The Hall–Kier alpha value is -0.660. The number of nitrogens with one attached hydrogen (secondary N) is 1. The standard InChI is InChI=1S/C13H26N2O4S/c1-11(2)15(10-12-4-7-14-8-5-12)20(17,18)9-6-13(16)19-3/h11-12,14H,4-10H2,1-3H3. The van der Waals surface area contributed by atoms with Gasteiger partial charge in [0.05, 0.1) is 19.3 Å². The second kappa shape index (κ2) is 7.95. The number of rotatable bonds is 7. The molecule has 1 aliphatic heterocycles. The highest BCUT2D eigenvalue weighted by atomic mass is 32.2. The van der Waals surface area contributed by atoms with Crippen molar-refractivity contribution in [3.05, 3.63) is 0 Å². The van der Waals surface area contributed by atoms with Crippen molar-refractivity contribution in [2.75, 3.05) is 32.5 Å². The van der Waals surface area contributed by atoms with Gasteiger partial charge in [0, 0.05) is 12.6 Å². The maximum atomic E-state index is 12.4. The molecule has 0 unspecified atom stereocenters. The summed E-state index contributed by atoms with van der Waals surface area (Å²) in [7, 11) is -2.15. The van der Waals surface area contributed by atoms with E-state index in [1.807, 2.05) is 13.8 Å². The van der Waals surface area contributed by atoms with Crippen LogP contribution in [0.1, 0.15) is 33.1 Å². The summed E-state index contributed by atoms with van der Waals surface area (Å²) < 4.78 is 30.8. The van der Waals surface area contributed by atoms with Crippen LogP contribution in [-0.4, -0.2) is 57.2 Å². The fourth-order valence-electron chi connectivity index (χ4n) is 2.40. The van der Waals surface area contributed by atoms with Crippen LogP contribution in [0, 0.1) is 5.92 Å². The summed E-state index contributed by atoms with van der Waals surface area (Å²) in [5.74, 6) is -0.270. The first-order valence-corrected chi connectivity index (χ1v) is 8.74. The van der Waals surface area contributed by atoms with E-state index in [2.05, 4.69) is 10.1 Å². The fourth-order valence-corrected chi connectivity index (χ4v) is 4.14. The zero-order valence-corrected chi connectivity index (χ0v) is 13.4. The number of methoxy groups -OCH3 is 1. The van der Waals surface area contributed by atoms with E-state index in [4.69, 9.17) is 0 Å². The fraction of sp³-hybridized carbons (Fsp3) is 0.923. The number of nitrogens with zero attached hydrogens (tertiary/aromatic N) is 1. The largest absolute Gasteiger partial charge is 0.469 e. The monoisotopic (exact) mass is 306 g/mol. The molecule has 118 valence electrons. The molecule has 7 heteroatoms. The molecule has 1 N–H and O–H groups in total. The third-order valence-electron chi connectivity index (χ3n) is 3.62. The zero-order chi connectivity index (χ0) is 15.2. The van der Waals surface area contributed by atoms with Crippen LogP contribution < -0.4 is 5.32 Å². The number of hydrogen-bond acceptors (Lipinski definition) is 5. The van der Waals surface area contributed by atoms with Crippen molar-refractivity contribution in [3.8, 4) is 0 Å². The molecule has 1 fully saturated rings. The van der Waals surface area contributed by atoms with Crippen LogP contribution in [0.4, 0.5) is 0 Å². The maximum absolute atomic E-state index is 12.4. The number of sulfonamides is 1. The molecule has 0 aromatic carbocycles. The van der Waals surface area contributed by atoms with Crippen molar-refractivity contribution in [2.24, 2.45) is 5.92 Å². The number of piperidine rings is 1. The van der Waals surface area contributed by atoms with Crippen LogP contribution in [0.25, 0.3) is 0 Å². The van der Waals surface area contributed by atoms with Gasteiger partial charge in [0.15, 0.2) is 0 Å². The lowest BCUT2D eigenvalue weighted by atomic mass is 9.98. The van der Waals surface area contributed by atoms with Gasteiger partial charge >= 0.3 is 5.97 Å². The van der Waals surface area contributed by atoms with E-state index in [0.29, 0.717) is 12.5 Å². The Labute approximate surface area is 121 Å². The second-order valence-electron chi connectivity index (χ2n) is 5.50. The molecule has 0 radical (unpaired) electrons. The van der Waals surface area contributed by atoms with Gasteiger partial charge in [0.1, 0.15) is 0 Å². The molecule has 1 heterocycles. The first-order chi connectivity index (χ1) is 9.36. The Kier molecular flexibility index (Phi) is 6.91. The highest BCUT2D eigenvalue weighted by Gasteiger charge is 2.28. The Morgan fingerprint density at radius 3 is 2.45 bits per heavy atom. The first-order valence-electron chi connectivity index (χ1n) is 7.14. The van der Waals surface area contributed by atoms with Crippen molar-refractivity contribution < 1.29 is 17.9 Å². The van der Waals surface area contributed by atoms with E-state index >= 15 is 0 Å². The quantitative estimate of drug-likeness (QED) is 0.697. The maximum Gasteiger partial charge on any atom is 0.306 e. The van der Waals surface area contributed by atoms with Gasteiger partial charge in [-0.15, -0.1) is 0 Å². The van der Waals surface area contributed by atoms with Gasteiger partial charge in [0.2, 0.25) is 10.0 Å². The second-order valence-corrected chi connectivity index (χ2v) is 7.54. The van der Waals surface area contributed by atoms with E-state index in [1.54, 1.807) is 0 Å². The van der Waals surface area contributed by atoms with Crippen molar-refractivity contribution in [2.45, 2.75) is 39.2 Å². The molecule has 0 atom stereocenters. The van der Waals surface area contributed by atoms with Gasteiger partial charge in [0.25, 0.3) is 0 Å². The molecular weight excluding hydrogens is 280 g/mol. The van der Waals surface area contributed by atoms with Crippen LogP contribution in [0.15, 0.2) is 0 Å². The normalized spacial score (nSPS) is 17.6. The third-order valence-corrected chi connectivity index (χ3v) is 5.63. The average molecular weight is 306 g/mol. The molecule has 0 bridgehead atoms. The van der Waals surface area contributed by atoms with E-state index in [9.17, 15) is 13.2 Å². The van der Waals surface area contributed by atoms with Crippen LogP contribution in [0.3, 0.4) is 0 Å². The molecule has 0 amide bonds. The summed E-state index contributed by atoms with van der Waals surface area (Å²) in [6.07, 6.45) is 1.90. The Morgan fingerprint density at radius 1 is 1.35 bits per heavy atom. The molecular formula is C13H26N2O4S. The van der Waals surface area contributed by atoms with Crippen molar-refractivity contribution >= 4 is 16.0 Å². The van der Waals surface area contributed by atoms with Gasteiger partial charge in [-0.1, -0.05) is 0 Å². The summed E-state index contributed by atoms with van der Waals surface area (Å²) in [5.41, 5.74) is 0. The Balaban J connectivity index is 2.65. The zero-order valence-electron chi connectivity index (χ0n) is 12.6. The predicted octanol–water partition coefficient (Wildman–Crippen LogP) is 0.589. The molecule has 1 saturated heterocycles.